The van der Waals surface area contributed by atoms with Crippen molar-refractivity contribution in [3.05, 3.63) is 53.6 Å². The first-order valence-corrected chi connectivity index (χ1v) is 7.32. The van der Waals surface area contributed by atoms with E-state index in [-0.39, 0.29) is 16.3 Å². The normalized spacial score (nSPS) is 11.3. The van der Waals surface area contributed by atoms with E-state index in [9.17, 15) is 8.42 Å². The van der Waals surface area contributed by atoms with E-state index in [2.05, 4.69) is 0 Å². The standard InChI is InChI=1S/C12H9Cl2NO3S/c13-9-1-3-10(4-2-9)15(14)19(17,18)12-7-5-11(16)6-8-12/h1-8,16H. The average molecular weight is 318 g/mol. The van der Waals surface area contributed by atoms with Gasteiger partial charge in [-0.15, -0.1) is 0 Å². The summed E-state index contributed by atoms with van der Waals surface area (Å²) in [6, 6.07) is 11.2. The molecule has 0 atom stereocenters. The van der Waals surface area contributed by atoms with Gasteiger partial charge in [-0.1, -0.05) is 11.6 Å². The highest BCUT2D eigenvalue weighted by molar-refractivity contribution is 7.94. The molecule has 0 unspecified atom stereocenters. The molecule has 0 spiro atoms. The second-order valence-corrected chi connectivity index (χ2v) is 6.45. The van der Waals surface area contributed by atoms with E-state index >= 15 is 0 Å². The Morgan fingerprint density at radius 2 is 1.47 bits per heavy atom. The molecule has 0 radical (unpaired) electrons. The van der Waals surface area contributed by atoms with E-state index in [1.54, 1.807) is 12.1 Å². The van der Waals surface area contributed by atoms with Crippen LogP contribution in [0.1, 0.15) is 0 Å². The van der Waals surface area contributed by atoms with E-state index in [1.165, 1.54) is 36.4 Å². The number of hydrogen-bond donors (Lipinski definition) is 1. The summed E-state index contributed by atoms with van der Waals surface area (Å²) in [6.45, 7) is 0. The van der Waals surface area contributed by atoms with Crippen molar-refractivity contribution in [1.29, 1.82) is 0 Å². The van der Waals surface area contributed by atoms with Crippen molar-refractivity contribution >= 4 is 39.1 Å². The fraction of sp³-hybridized carbons (Fsp3) is 0. The number of phenols is 1. The fourth-order valence-electron chi connectivity index (χ4n) is 1.41. The van der Waals surface area contributed by atoms with Crippen LogP contribution < -0.4 is 3.82 Å². The lowest BCUT2D eigenvalue weighted by Gasteiger charge is -2.16. The third-order valence-corrected chi connectivity index (χ3v) is 4.87. The summed E-state index contributed by atoms with van der Waals surface area (Å²) in [5.74, 6) is -0.0217. The first-order chi connectivity index (χ1) is 8.91. The summed E-state index contributed by atoms with van der Waals surface area (Å²) >= 11 is 11.6. The molecule has 2 aromatic rings. The zero-order valence-corrected chi connectivity index (χ0v) is 11.8. The smallest absolute Gasteiger partial charge is 0.278 e. The molecule has 7 heteroatoms. The monoisotopic (exact) mass is 317 g/mol. The SMILES string of the molecule is O=S(=O)(c1ccc(O)cc1)N(Cl)c1ccc(Cl)cc1. The highest BCUT2D eigenvalue weighted by atomic mass is 35.5. The number of hydrogen-bond acceptors (Lipinski definition) is 3. The number of halogens is 2. The highest BCUT2D eigenvalue weighted by Gasteiger charge is 2.23. The lowest BCUT2D eigenvalue weighted by atomic mass is 10.3. The Morgan fingerprint density at radius 3 is 2.00 bits per heavy atom. The number of sulfonamides is 1. The highest BCUT2D eigenvalue weighted by Crippen LogP contribution is 2.27. The van der Waals surface area contributed by atoms with Crippen LogP contribution in [-0.2, 0) is 10.0 Å². The van der Waals surface area contributed by atoms with Crippen LogP contribution >= 0.6 is 23.4 Å². The van der Waals surface area contributed by atoms with Crippen molar-refractivity contribution in [1.82, 2.24) is 0 Å². The zero-order chi connectivity index (χ0) is 14.0. The Bertz CT molecular complexity index is 669. The predicted octanol–water partition coefficient (Wildman–Crippen LogP) is 3.39. The van der Waals surface area contributed by atoms with Gasteiger partial charge in [-0.2, -0.15) is 12.2 Å². The van der Waals surface area contributed by atoms with Crippen molar-refractivity contribution in [2.75, 3.05) is 3.82 Å². The molecular weight excluding hydrogens is 309 g/mol. The summed E-state index contributed by atoms with van der Waals surface area (Å²) in [6.07, 6.45) is 0. The Balaban J connectivity index is 2.39. The van der Waals surface area contributed by atoms with Crippen LogP contribution in [0.15, 0.2) is 53.4 Å². The summed E-state index contributed by atoms with van der Waals surface area (Å²) in [4.78, 5) is -0.0183. The molecule has 4 nitrogen and oxygen atoms in total. The minimum Gasteiger partial charge on any atom is -0.508 e. The topological polar surface area (TPSA) is 57.6 Å². The first-order valence-electron chi connectivity index (χ1n) is 5.17. The summed E-state index contributed by atoms with van der Waals surface area (Å²) in [7, 11) is -3.88. The number of rotatable bonds is 3. The van der Waals surface area contributed by atoms with E-state index < -0.39 is 10.0 Å². The number of benzene rings is 2. The second-order valence-electron chi connectivity index (χ2n) is 3.69. The summed E-state index contributed by atoms with van der Waals surface area (Å²) < 4.78 is 25.1. The Morgan fingerprint density at radius 1 is 0.947 bits per heavy atom. The molecular formula is C12H9Cl2NO3S. The molecule has 0 amide bonds. The summed E-state index contributed by atoms with van der Waals surface area (Å²) in [5, 5.41) is 9.63. The minimum atomic E-state index is -3.88. The van der Waals surface area contributed by atoms with Crippen LogP contribution in [0, 0.1) is 0 Å². The molecule has 0 heterocycles. The summed E-state index contributed by atoms with van der Waals surface area (Å²) in [5.41, 5.74) is 0.277. The number of nitrogens with zero attached hydrogens (tertiary/aromatic N) is 1. The van der Waals surface area contributed by atoms with Gasteiger partial charge in [0.1, 0.15) is 5.75 Å². The molecule has 19 heavy (non-hydrogen) atoms. The maximum atomic E-state index is 12.2. The third-order valence-electron chi connectivity index (χ3n) is 2.38. The van der Waals surface area contributed by atoms with Gasteiger partial charge in [0.15, 0.2) is 0 Å². The zero-order valence-electron chi connectivity index (χ0n) is 9.49. The number of anilines is 1. The van der Waals surface area contributed by atoms with Crippen LogP contribution in [0.2, 0.25) is 5.02 Å². The van der Waals surface area contributed by atoms with Crippen LogP contribution in [-0.4, -0.2) is 13.5 Å². The molecule has 2 rings (SSSR count). The Kier molecular flexibility index (Phi) is 3.89. The van der Waals surface area contributed by atoms with E-state index in [0.717, 1.165) is 0 Å². The van der Waals surface area contributed by atoms with Gasteiger partial charge in [-0.25, -0.2) is 0 Å². The molecule has 2 aromatic carbocycles. The van der Waals surface area contributed by atoms with Gasteiger partial charge in [0.2, 0.25) is 0 Å². The van der Waals surface area contributed by atoms with Crippen molar-refractivity contribution in [3.63, 3.8) is 0 Å². The van der Waals surface area contributed by atoms with Crippen LogP contribution in [0.5, 0.6) is 5.75 Å². The van der Waals surface area contributed by atoms with E-state index in [0.29, 0.717) is 8.85 Å². The molecule has 0 saturated heterocycles. The second kappa shape index (κ2) is 5.28. The Hall–Kier alpha value is -1.43. The molecule has 100 valence electrons. The molecule has 0 aliphatic rings. The average Bonchev–Trinajstić information content (AvgIpc) is 2.39. The van der Waals surface area contributed by atoms with Crippen LogP contribution in [0.3, 0.4) is 0 Å². The third kappa shape index (κ3) is 2.94. The van der Waals surface area contributed by atoms with Gasteiger partial charge < -0.3 is 5.11 Å². The van der Waals surface area contributed by atoms with Gasteiger partial charge in [-0.3, -0.25) is 0 Å². The fourth-order valence-corrected chi connectivity index (χ4v) is 2.95. The molecule has 0 fully saturated rings. The van der Waals surface area contributed by atoms with Gasteiger partial charge >= 0.3 is 0 Å². The molecule has 1 N–H and O–H groups in total. The van der Waals surface area contributed by atoms with Crippen LogP contribution in [0.25, 0.3) is 0 Å². The van der Waals surface area contributed by atoms with Gasteiger partial charge in [0.25, 0.3) is 10.0 Å². The van der Waals surface area contributed by atoms with Crippen molar-refractivity contribution in [2.24, 2.45) is 0 Å². The Labute approximate surface area is 121 Å². The van der Waals surface area contributed by atoms with Gasteiger partial charge in [0.05, 0.1) is 10.6 Å². The van der Waals surface area contributed by atoms with Crippen molar-refractivity contribution in [3.8, 4) is 5.75 Å². The predicted molar refractivity (Wildman–Crippen MR) is 75.1 cm³/mol. The van der Waals surface area contributed by atoms with E-state index in [1.807, 2.05) is 0 Å². The quantitative estimate of drug-likeness (QED) is 0.883. The van der Waals surface area contributed by atoms with Crippen molar-refractivity contribution < 1.29 is 13.5 Å². The molecule has 0 bridgehead atoms. The van der Waals surface area contributed by atoms with Crippen molar-refractivity contribution in [2.45, 2.75) is 4.90 Å². The molecule has 0 saturated carbocycles. The largest absolute Gasteiger partial charge is 0.508 e. The maximum Gasteiger partial charge on any atom is 0.278 e. The lowest BCUT2D eigenvalue weighted by molar-refractivity contribution is 0.475. The van der Waals surface area contributed by atoms with Crippen LogP contribution in [0.4, 0.5) is 5.69 Å². The van der Waals surface area contributed by atoms with E-state index in [4.69, 9.17) is 28.5 Å². The van der Waals surface area contributed by atoms with Gasteiger partial charge in [-0.05, 0) is 48.5 Å². The molecule has 0 aliphatic carbocycles. The minimum absolute atomic E-state index is 0.0183. The van der Waals surface area contributed by atoms with Gasteiger partial charge in [0, 0.05) is 16.8 Å². The molecule has 0 aliphatic heterocycles. The number of phenolic OH excluding ortho intramolecular Hbond substituents is 1. The molecule has 0 aromatic heterocycles. The maximum absolute atomic E-state index is 12.2. The first kappa shape index (κ1) is 14.0. The lowest BCUT2D eigenvalue weighted by Crippen LogP contribution is -2.21. The number of aromatic hydroxyl groups is 1.